The fourth-order valence-electron chi connectivity index (χ4n) is 7.42. The van der Waals surface area contributed by atoms with E-state index in [1.54, 1.807) is 6.20 Å². The van der Waals surface area contributed by atoms with Crippen LogP contribution in [0, 0.1) is 11.6 Å². The van der Waals surface area contributed by atoms with E-state index in [9.17, 15) is 70.3 Å². The molecule has 4 atom stereocenters. The molecule has 4 aromatic carbocycles. The highest BCUT2D eigenvalue weighted by Gasteiger charge is 2.45. The number of carbonyl (C=O) groups excluding carboxylic acids is 1. The third-order valence-electron chi connectivity index (χ3n) is 11.2. The summed E-state index contributed by atoms with van der Waals surface area (Å²) in [6.07, 6.45) is -9.65. The zero-order valence-corrected chi connectivity index (χ0v) is 40.3. The van der Waals surface area contributed by atoms with Crippen LogP contribution in [-0.4, -0.2) is 99.4 Å². The Labute approximate surface area is 419 Å². The number of alkyl halides is 8. The first-order chi connectivity index (χ1) is 34.1. The van der Waals surface area contributed by atoms with Crippen LogP contribution in [0.3, 0.4) is 0 Å². The molecule has 2 saturated heterocycles. The number of nitrogens with two attached hydrogens (primary N) is 1. The van der Waals surface area contributed by atoms with Gasteiger partial charge in [-0.05, 0) is 103 Å². The lowest BCUT2D eigenvalue weighted by Gasteiger charge is -2.22. The monoisotopic (exact) mass is 1110 g/mol. The number of aryl methyl sites for hydroxylation is 1. The second kappa shape index (κ2) is 22.7. The number of carboxylic acids is 1. The molecule has 0 aliphatic carbocycles. The number of nitrogens with zero attached hydrogens (tertiary/aromatic N) is 6. The van der Waals surface area contributed by atoms with Crippen LogP contribution in [0.4, 0.5) is 43.9 Å². The molecular weight excluding hydrogens is 1080 g/mol. The lowest BCUT2D eigenvalue weighted by molar-refractivity contribution is -0.141. The fourth-order valence-corrected chi connectivity index (χ4v) is 11.1. The molecule has 14 nitrogen and oxygen atoms in total. The van der Waals surface area contributed by atoms with Crippen LogP contribution in [0.1, 0.15) is 41.5 Å². The van der Waals surface area contributed by atoms with Gasteiger partial charge < -0.3 is 10.8 Å². The fraction of sp³-hybridized carbons (Fsp3) is 0.289. The van der Waals surface area contributed by atoms with E-state index < -0.39 is 104 Å². The molecule has 8 rings (SSSR count). The van der Waals surface area contributed by atoms with Gasteiger partial charge in [0, 0.05) is 62.4 Å². The first-order valence-corrected chi connectivity index (χ1v) is 24.9. The lowest BCUT2D eigenvalue weighted by atomic mass is 10.0. The second-order valence-electron chi connectivity index (χ2n) is 16.1. The Bertz CT molecular complexity index is 3130. The van der Waals surface area contributed by atoms with Gasteiger partial charge in [0.25, 0.3) is 0 Å². The SMILES string of the molecule is NCc1cn(-c2ccc(C(F)(F)F)cc2)nc1Cl.O=C(CCc1cn(-c2ccc(C(F)(F)F)cc2)nc1Cl)[C@@H]1C[C@@H](F)CN1S(=O)(=O)c1ccc(F)cc1.O=C(O)[C@@H]1C[C@@H](F)CN1S(=O)(=O)c1ccc(F)cc1. The molecule has 28 heteroatoms. The van der Waals surface area contributed by atoms with Gasteiger partial charge in [0.15, 0.2) is 16.1 Å². The van der Waals surface area contributed by atoms with Gasteiger partial charge in [-0.25, -0.2) is 43.8 Å². The highest BCUT2D eigenvalue weighted by Crippen LogP contribution is 2.33. The molecule has 0 saturated carbocycles. The number of carboxylic acid groups (broad SMARTS) is 1. The first kappa shape index (κ1) is 56.4. The number of Topliss-reactive ketones (excluding diaryl/α,β-unsaturated/α-hetero) is 1. The summed E-state index contributed by atoms with van der Waals surface area (Å²) in [6.45, 7) is -0.779. The summed E-state index contributed by atoms with van der Waals surface area (Å²) in [5.41, 5.74) is 5.76. The van der Waals surface area contributed by atoms with Crippen LogP contribution in [0.5, 0.6) is 0 Å². The van der Waals surface area contributed by atoms with Crippen LogP contribution < -0.4 is 5.73 Å². The van der Waals surface area contributed by atoms with Gasteiger partial charge in [0.05, 0.1) is 38.3 Å². The molecule has 6 aromatic rings. The number of rotatable bonds is 12. The summed E-state index contributed by atoms with van der Waals surface area (Å²) in [5, 5.41) is 17.2. The zero-order valence-electron chi connectivity index (χ0n) is 37.2. The molecule has 392 valence electrons. The van der Waals surface area contributed by atoms with E-state index in [0.29, 0.717) is 26.8 Å². The van der Waals surface area contributed by atoms with Crippen molar-refractivity contribution >= 4 is 55.0 Å². The summed E-state index contributed by atoms with van der Waals surface area (Å²) >= 11 is 11.9. The van der Waals surface area contributed by atoms with Gasteiger partial charge >= 0.3 is 18.3 Å². The zero-order chi connectivity index (χ0) is 53.8. The van der Waals surface area contributed by atoms with Gasteiger partial charge in [-0.3, -0.25) is 9.59 Å². The van der Waals surface area contributed by atoms with Gasteiger partial charge in [0.1, 0.15) is 30.0 Å². The molecule has 0 spiro atoms. The number of ketones is 1. The van der Waals surface area contributed by atoms with E-state index in [1.165, 1.54) is 39.8 Å². The number of aliphatic carboxylic acids is 1. The smallest absolute Gasteiger partial charge is 0.416 e. The van der Waals surface area contributed by atoms with E-state index in [-0.39, 0.29) is 52.3 Å². The molecule has 0 bridgehead atoms. The predicted octanol–water partition coefficient (Wildman–Crippen LogP) is 9.00. The van der Waals surface area contributed by atoms with Gasteiger partial charge in [-0.1, -0.05) is 23.2 Å². The molecule has 2 aliphatic heterocycles. The Morgan fingerprint density at radius 1 is 0.616 bits per heavy atom. The highest BCUT2D eigenvalue weighted by molar-refractivity contribution is 7.89. The van der Waals surface area contributed by atoms with Crippen molar-refractivity contribution in [3.05, 3.63) is 154 Å². The predicted molar refractivity (Wildman–Crippen MR) is 243 cm³/mol. The van der Waals surface area contributed by atoms with Crippen LogP contribution in [-0.2, 0) is 55.0 Å². The number of aromatic nitrogens is 4. The number of sulfonamides is 2. The molecule has 4 heterocycles. The van der Waals surface area contributed by atoms with E-state index in [1.807, 2.05) is 0 Å². The number of carbonyl (C=O) groups is 2. The van der Waals surface area contributed by atoms with Gasteiger partial charge in [-0.2, -0.15) is 45.2 Å². The Kier molecular flexibility index (Phi) is 17.5. The highest BCUT2D eigenvalue weighted by atomic mass is 35.5. The molecule has 3 N–H and O–H groups in total. The van der Waals surface area contributed by atoms with Crippen molar-refractivity contribution in [1.29, 1.82) is 0 Å². The summed E-state index contributed by atoms with van der Waals surface area (Å²) in [4.78, 5) is 23.4. The van der Waals surface area contributed by atoms with Crippen molar-refractivity contribution in [1.82, 2.24) is 28.2 Å². The standard InChI is InChI=1S/C23H19ClF5N3O3S.C11H9ClF3N3.C11H11F2NO4S/c24-22-14(12-31(30-22)18-6-2-15(3-7-18)23(27,28)29)1-10-21(33)20-11-17(26)13-32(20)36(34,35)19-8-4-16(25)5-9-19;12-10-7(5-16)6-18(17-10)9-3-1-8(2-4-9)11(13,14)15;12-7-1-3-9(4-2-7)19(17,18)14-6-8(13)5-10(14)11(15)16/h2-9,12,17,20H,1,10-11,13H2;1-4,6H,5,16H2;1-4,8,10H,5-6H2,(H,15,16)/t17-,20+;;8-,10+/m1.1/s1. The minimum atomic E-state index is -4.48. The number of hydrogen-bond acceptors (Lipinski definition) is 9. The largest absolute Gasteiger partial charge is 0.480 e. The van der Waals surface area contributed by atoms with Gasteiger partial charge in [0.2, 0.25) is 20.0 Å². The molecule has 0 radical (unpaired) electrons. The van der Waals surface area contributed by atoms with E-state index in [4.69, 9.17) is 34.0 Å². The van der Waals surface area contributed by atoms with E-state index >= 15 is 0 Å². The molecule has 2 aliphatic rings. The van der Waals surface area contributed by atoms with Crippen LogP contribution in [0.2, 0.25) is 10.3 Å². The third-order valence-corrected chi connectivity index (χ3v) is 15.6. The average molecular weight is 1110 g/mol. The first-order valence-electron chi connectivity index (χ1n) is 21.2. The van der Waals surface area contributed by atoms with Crippen molar-refractivity contribution < 1.29 is 75.4 Å². The molecule has 0 unspecified atom stereocenters. The Hall–Kier alpha value is -5.90. The third kappa shape index (κ3) is 13.6. The summed E-state index contributed by atoms with van der Waals surface area (Å²) in [6, 6.07) is 14.2. The normalized spacial score (nSPS) is 18.7. The number of hydrogen-bond donors (Lipinski definition) is 2. The summed E-state index contributed by atoms with van der Waals surface area (Å²) in [5.74, 6) is -3.18. The maximum atomic E-state index is 14.2. The summed E-state index contributed by atoms with van der Waals surface area (Å²) < 4.78 is 183. The maximum Gasteiger partial charge on any atom is 0.416 e. The van der Waals surface area contributed by atoms with Crippen LogP contribution in [0.25, 0.3) is 11.4 Å². The molecule has 2 aromatic heterocycles. The number of benzene rings is 4. The summed E-state index contributed by atoms with van der Waals surface area (Å²) in [7, 11) is -8.37. The minimum absolute atomic E-state index is 0.0216. The van der Waals surface area contributed by atoms with Crippen LogP contribution in [0.15, 0.2) is 119 Å². The van der Waals surface area contributed by atoms with E-state index in [2.05, 4.69) is 10.2 Å². The average Bonchev–Trinajstić information content (AvgIpc) is 4.13. The van der Waals surface area contributed by atoms with Crippen molar-refractivity contribution in [2.45, 2.75) is 78.8 Å². The number of halogens is 12. The topological polar surface area (TPSA) is 191 Å². The lowest BCUT2D eigenvalue weighted by Crippen LogP contribution is -2.40. The Morgan fingerprint density at radius 2 is 0.986 bits per heavy atom. The maximum absolute atomic E-state index is 14.2. The molecule has 73 heavy (non-hydrogen) atoms. The minimum Gasteiger partial charge on any atom is -0.480 e. The second-order valence-corrected chi connectivity index (χ2v) is 20.6. The Balaban J connectivity index is 0.000000197. The molecule has 0 amide bonds. The van der Waals surface area contributed by atoms with Crippen LogP contribution >= 0.6 is 23.2 Å². The quantitative estimate of drug-likeness (QED) is 0.112. The molecule has 2 fully saturated rings. The van der Waals surface area contributed by atoms with Crippen molar-refractivity contribution in [2.75, 3.05) is 13.1 Å². The van der Waals surface area contributed by atoms with Crippen molar-refractivity contribution in [2.24, 2.45) is 5.73 Å². The van der Waals surface area contributed by atoms with Crippen molar-refractivity contribution in [3.8, 4) is 11.4 Å². The molecular formula is C45H39Cl2F10N7O7S2. The van der Waals surface area contributed by atoms with E-state index in [0.717, 1.165) is 77.1 Å². The van der Waals surface area contributed by atoms with Gasteiger partial charge in [-0.15, -0.1) is 0 Å². The van der Waals surface area contributed by atoms with Crippen molar-refractivity contribution in [3.63, 3.8) is 0 Å². The Morgan fingerprint density at radius 3 is 1.36 bits per heavy atom.